The van der Waals surface area contributed by atoms with Gasteiger partial charge in [-0.15, -0.1) is 31.4 Å². The number of nitrogens with zero attached hydrogens (tertiary/aromatic N) is 7. The molecule has 5 aliphatic rings. The summed E-state index contributed by atoms with van der Waals surface area (Å²) in [6.45, 7) is 17.9. The van der Waals surface area contributed by atoms with E-state index in [0.717, 1.165) is 62.2 Å². The van der Waals surface area contributed by atoms with Crippen molar-refractivity contribution in [1.29, 1.82) is 0 Å². The quantitative estimate of drug-likeness (QED) is 0.275. The summed E-state index contributed by atoms with van der Waals surface area (Å²) < 4.78 is 8.40. The van der Waals surface area contributed by atoms with Crippen molar-refractivity contribution in [2.24, 2.45) is 45.7 Å². The number of aliphatic hydroxyl groups excluding tert-OH is 1. The van der Waals surface area contributed by atoms with E-state index in [2.05, 4.69) is 52.1 Å². The molecule has 0 radical (unpaired) electrons. The van der Waals surface area contributed by atoms with Crippen molar-refractivity contribution in [2.75, 3.05) is 57.3 Å². The average molecular weight is 806 g/mol. The van der Waals surface area contributed by atoms with E-state index in [9.17, 15) is 19.5 Å². The molecule has 2 aromatic heterocycles. The number of piperidine rings is 1. The minimum absolute atomic E-state index is 0. The maximum Gasteiger partial charge on any atom is 0.320 e. The van der Waals surface area contributed by atoms with E-state index in [0.29, 0.717) is 64.4 Å². The predicted molar refractivity (Wildman–Crippen MR) is 216 cm³/mol. The highest BCUT2D eigenvalue weighted by atomic mass is 35.5. The molecule has 1 amide bonds. The number of hydrogen-bond acceptors (Lipinski definition) is 11. The molecule has 0 spiro atoms. The van der Waals surface area contributed by atoms with Gasteiger partial charge < -0.3 is 29.9 Å². The second kappa shape index (κ2) is 16.9. The Morgan fingerprint density at radius 1 is 1.04 bits per heavy atom. The number of carbonyl (C=O) groups excluding carboxylic acids is 3. The van der Waals surface area contributed by atoms with Gasteiger partial charge in [0.1, 0.15) is 18.2 Å². The predicted octanol–water partition coefficient (Wildman–Crippen LogP) is 4.29. The van der Waals surface area contributed by atoms with Crippen LogP contribution in [-0.2, 0) is 25.7 Å². The fourth-order valence-corrected chi connectivity index (χ4v) is 11.1. The summed E-state index contributed by atoms with van der Waals surface area (Å²) in [5, 5.41) is 11.8. The molecule has 2 saturated heterocycles. The minimum atomic E-state index is -0.694. The number of ether oxygens (including phenoxy) is 1. The van der Waals surface area contributed by atoms with Gasteiger partial charge in [-0.2, -0.15) is 0 Å². The molecule has 0 unspecified atom stereocenters. The summed E-state index contributed by atoms with van der Waals surface area (Å²) >= 11 is 0. The van der Waals surface area contributed by atoms with Crippen LogP contribution >= 0.6 is 24.8 Å². The van der Waals surface area contributed by atoms with Gasteiger partial charge in [-0.05, 0) is 68.2 Å². The smallest absolute Gasteiger partial charge is 0.320 e. The Kier molecular flexibility index (Phi) is 13.3. The molecule has 3 aliphatic carbocycles. The van der Waals surface area contributed by atoms with Crippen LogP contribution < -0.4 is 10.6 Å². The molecular formula is C40H62Cl2N8O5. The monoisotopic (exact) mass is 804 g/mol. The number of rotatable bonds is 9. The second-order valence-corrected chi connectivity index (χ2v) is 17.4. The number of esters is 1. The first-order chi connectivity index (χ1) is 25.3. The Morgan fingerprint density at radius 2 is 1.75 bits per heavy atom. The third kappa shape index (κ3) is 7.65. The molecule has 2 aromatic rings. The van der Waals surface area contributed by atoms with Gasteiger partial charge in [0, 0.05) is 75.4 Å². The summed E-state index contributed by atoms with van der Waals surface area (Å²) in [4.78, 5) is 60.7. The van der Waals surface area contributed by atoms with Gasteiger partial charge >= 0.3 is 5.97 Å². The number of halogens is 2. The van der Waals surface area contributed by atoms with E-state index in [-0.39, 0.29) is 72.2 Å². The molecule has 5 fully saturated rings. The number of imidazole rings is 1. The summed E-state index contributed by atoms with van der Waals surface area (Å²) in [6.07, 6.45) is 9.87. The van der Waals surface area contributed by atoms with E-state index in [1.807, 2.05) is 22.5 Å². The van der Waals surface area contributed by atoms with Gasteiger partial charge in [-0.25, -0.2) is 15.0 Å². The summed E-state index contributed by atoms with van der Waals surface area (Å²) in [5.74, 6) is 1.23. The zero-order valence-electron chi connectivity index (χ0n) is 33.0. The highest BCUT2D eigenvalue weighted by Crippen LogP contribution is 2.68. The molecule has 15 heteroatoms. The van der Waals surface area contributed by atoms with Crippen molar-refractivity contribution in [3.8, 4) is 0 Å². The van der Waals surface area contributed by atoms with Gasteiger partial charge in [0.15, 0.2) is 17.0 Å². The van der Waals surface area contributed by atoms with Crippen molar-refractivity contribution in [3.63, 3.8) is 0 Å². The number of amides is 1. The standard InChI is InChI=1S/C40H60N8O5.2ClH/c1-6-38(4)21-30(39(5)26(2)7-12-40(27(3)35(38)52)13-8-29(49)34(39)40)53-32(51)23-45-17-19-46(20-18-45)31(50)11-16-48-25-44-33-36(42-24-43-37(33)48)47-14-9-28(22-41)10-15-47;;/h6,24-28,30,34-35,52H,1,7-23,41H2,2-5H3;2*1H/t26-,27+,30-,34-,35+,38-,39+,40+;;/m1../s1. The third-order valence-electron chi connectivity index (χ3n) is 14.8. The number of aliphatic hydroxyl groups is 1. The first kappa shape index (κ1) is 43.3. The number of aryl methyl sites for hydroxylation is 1. The van der Waals surface area contributed by atoms with Crippen LogP contribution in [0.4, 0.5) is 5.82 Å². The van der Waals surface area contributed by atoms with E-state index in [1.54, 1.807) is 12.7 Å². The largest absolute Gasteiger partial charge is 0.461 e. The topological polar surface area (TPSA) is 160 Å². The number of carbonyl (C=O) groups is 3. The lowest BCUT2D eigenvalue weighted by atomic mass is 9.44. The lowest BCUT2D eigenvalue weighted by molar-refractivity contribution is -0.207. The van der Waals surface area contributed by atoms with Crippen LogP contribution in [0.15, 0.2) is 25.3 Å². The van der Waals surface area contributed by atoms with Crippen LogP contribution in [0.25, 0.3) is 11.2 Å². The number of fused-ring (bicyclic) bond motifs is 1. The van der Waals surface area contributed by atoms with Crippen molar-refractivity contribution in [3.05, 3.63) is 25.3 Å². The fraction of sp³-hybridized carbons (Fsp3) is 0.750. The number of anilines is 1. The lowest BCUT2D eigenvalue weighted by Gasteiger charge is -2.61. The maximum atomic E-state index is 13.8. The fourth-order valence-electron chi connectivity index (χ4n) is 11.1. The molecule has 3 N–H and O–H groups in total. The number of Topliss-reactive ketones (excluding diaryl/α,β-unsaturated/α-hetero) is 1. The van der Waals surface area contributed by atoms with Gasteiger partial charge in [-0.3, -0.25) is 19.3 Å². The minimum Gasteiger partial charge on any atom is -0.461 e. The Morgan fingerprint density at radius 3 is 2.42 bits per heavy atom. The lowest BCUT2D eigenvalue weighted by Crippen LogP contribution is -2.63. The van der Waals surface area contributed by atoms with Crippen LogP contribution in [0.1, 0.15) is 79.1 Å². The number of ketones is 1. The molecule has 8 atom stereocenters. The van der Waals surface area contributed by atoms with Gasteiger partial charge in [-0.1, -0.05) is 33.8 Å². The van der Waals surface area contributed by atoms with Crippen molar-refractivity contribution >= 4 is 59.5 Å². The van der Waals surface area contributed by atoms with Crippen LogP contribution in [0, 0.1) is 39.9 Å². The van der Waals surface area contributed by atoms with Crippen molar-refractivity contribution in [1.82, 2.24) is 29.3 Å². The summed E-state index contributed by atoms with van der Waals surface area (Å²) in [7, 11) is 0. The van der Waals surface area contributed by atoms with Crippen LogP contribution in [0.2, 0.25) is 0 Å². The first-order valence-electron chi connectivity index (χ1n) is 20.0. The van der Waals surface area contributed by atoms with Crippen molar-refractivity contribution < 1.29 is 24.2 Å². The van der Waals surface area contributed by atoms with E-state index >= 15 is 0 Å². The SMILES string of the molecule is C=C[C@]1(C)C[C@@H](OC(=O)CN2CCN(C(=O)CCn3cnc4c(N5CCC(CN)CC5)ncnc43)CC2)[C@]2(C)[C@H](C)CC[C@]3(CCC(=O)[C@@H]32)[C@@H](C)[C@@H]1O.Cl.Cl. The highest BCUT2D eigenvalue weighted by molar-refractivity contribution is 5.86. The molecule has 0 aromatic carbocycles. The van der Waals surface area contributed by atoms with Gasteiger partial charge in [0.2, 0.25) is 5.91 Å². The molecule has 13 nitrogen and oxygen atoms in total. The van der Waals surface area contributed by atoms with Crippen LogP contribution in [0.5, 0.6) is 0 Å². The molecule has 2 bridgehead atoms. The third-order valence-corrected chi connectivity index (χ3v) is 14.8. The second-order valence-electron chi connectivity index (χ2n) is 17.4. The molecule has 2 aliphatic heterocycles. The van der Waals surface area contributed by atoms with E-state index in [4.69, 9.17) is 10.5 Å². The Labute approximate surface area is 338 Å². The van der Waals surface area contributed by atoms with Gasteiger partial charge in [0.05, 0.1) is 19.0 Å². The Balaban J connectivity index is 0.00000290. The summed E-state index contributed by atoms with van der Waals surface area (Å²) in [5.41, 5.74) is 5.86. The molecule has 3 saturated carbocycles. The molecule has 55 heavy (non-hydrogen) atoms. The number of nitrogens with two attached hydrogens (primary N) is 1. The maximum absolute atomic E-state index is 13.8. The molecule has 4 heterocycles. The highest BCUT2D eigenvalue weighted by Gasteiger charge is 2.68. The van der Waals surface area contributed by atoms with E-state index in [1.165, 1.54) is 0 Å². The van der Waals surface area contributed by atoms with Crippen LogP contribution in [0.3, 0.4) is 0 Å². The number of piperazine rings is 1. The van der Waals surface area contributed by atoms with Crippen LogP contribution in [-0.4, -0.2) is 117 Å². The first-order valence-corrected chi connectivity index (χ1v) is 20.0. The zero-order chi connectivity index (χ0) is 37.7. The molecular weight excluding hydrogens is 743 g/mol. The zero-order valence-corrected chi connectivity index (χ0v) is 34.7. The van der Waals surface area contributed by atoms with Gasteiger partial charge in [0.25, 0.3) is 0 Å². The Bertz CT molecular complexity index is 1710. The number of hydrogen-bond donors (Lipinski definition) is 2. The van der Waals surface area contributed by atoms with Crippen molar-refractivity contribution in [2.45, 2.75) is 97.8 Å². The average Bonchev–Trinajstić information content (AvgIpc) is 3.75. The summed E-state index contributed by atoms with van der Waals surface area (Å²) in [6, 6.07) is 0. The molecule has 306 valence electrons. The normalized spacial score (nSPS) is 34.2. The number of aromatic nitrogens is 4. The van der Waals surface area contributed by atoms with E-state index < -0.39 is 23.0 Å². The molecule has 7 rings (SSSR count). The Hall–Kier alpha value is -2.84.